The summed E-state index contributed by atoms with van der Waals surface area (Å²) < 4.78 is 13.1. The van der Waals surface area contributed by atoms with E-state index >= 15 is 0 Å². The van der Waals surface area contributed by atoms with E-state index in [-0.39, 0.29) is 11.9 Å². The van der Waals surface area contributed by atoms with Crippen LogP contribution in [-0.2, 0) is 16.2 Å². The molecule has 0 bridgehead atoms. The van der Waals surface area contributed by atoms with Crippen molar-refractivity contribution in [2.45, 2.75) is 19.5 Å². The fourth-order valence-corrected chi connectivity index (χ4v) is 3.59. The molecule has 24 heavy (non-hydrogen) atoms. The monoisotopic (exact) mass is 412 g/mol. The molecule has 1 saturated heterocycles. The van der Waals surface area contributed by atoms with E-state index in [0.29, 0.717) is 17.4 Å². The molecule has 0 radical (unpaired) electrons. The third kappa shape index (κ3) is 3.76. The van der Waals surface area contributed by atoms with Crippen molar-refractivity contribution in [3.63, 3.8) is 0 Å². The molecular formula is C16H19BrN3O3S+. The van der Waals surface area contributed by atoms with Gasteiger partial charge in [-0.25, -0.2) is 0 Å². The van der Waals surface area contributed by atoms with E-state index in [2.05, 4.69) is 21.0 Å². The average molecular weight is 413 g/mol. The molecule has 0 aliphatic carbocycles. The Bertz CT molecular complexity index is 781. The molecule has 0 atom stereocenters. The van der Waals surface area contributed by atoms with Crippen LogP contribution in [0.4, 0.5) is 0 Å². The summed E-state index contributed by atoms with van der Waals surface area (Å²) in [5.41, 5.74) is 0.877. The van der Waals surface area contributed by atoms with E-state index < -0.39 is 0 Å². The minimum atomic E-state index is -0.108. The Morgan fingerprint density at radius 2 is 2.17 bits per heavy atom. The second-order valence-corrected chi connectivity index (χ2v) is 7.06. The largest absolute Gasteiger partial charge is 0.469 e. The lowest BCUT2D eigenvalue weighted by atomic mass is 9.97. The Hall–Kier alpha value is -1.51. The van der Waals surface area contributed by atoms with Crippen LogP contribution in [0.15, 0.2) is 33.2 Å². The van der Waals surface area contributed by atoms with Gasteiger partial charge in [-0.2, -0.15) is 4.68 Å². The maximum Gasteiger partial charge on any atom is 0.309 e. The van der Waals surface area contributed by atoms with E-state index in [1.807, 2.05) is 24.3 Å². The molecule has 8 heteroatoms. The van der Waals surface area contributed by atoms with Crippen molar-refractivity contribution in [1.29, 1.82) is 0 Å². The van der Waals surface area contributed by atoms with Crippen molar-refractivity contribution >= 4 is 34.1 Å². The number of hydrogen-bond acceptors (Lipinski definition) is 5. The van der Waals surface area contributed by atoms with E-state index in [1.165, 1.54) is 12.0 Å². The van der Waals surface area contributed by atoms with Crippen molar-refractivity contribution in [2.75, 3.05) is 20.2 Å². The zero-order valence-electron chi connectivity index (χ0n) is 13.3. The Labute approximate surface area is 153 Å². The van der Waals surface area contributed by atoms with Crippen LogP contribution in [0.5, 0.6) is 0 Å². The third-order valence-corrected chi connectivity index (χ3v) is 5.30. The second kappa shape index (κ2) is 7.58. The molecule has 0 amide bonds. The summed E-state index contributed by atoms with van der Waals surface area (Å²) in [5, 5.41) is 4.51. The van der Waals surface area contributed by atoms with Gasteiger partial charge >= 0.3 is 5.97 Å². The number of halogens is 1. The lowest BCUT2D eigenvalue weighted by Gasteiger charge is -2.27. The van der Waals surface area contributed by atoms with Gasteiger partial charge in [0.15, 0.2) is 6.67 Å². The van der Waals surface area contributed by atoms with E-state index in [1.54, 1.807) is 4.68 Å². The van der Waals surface area contributed by atoms with Gasteiger partial charge in [0.25, 0.3) is 4.84 Å². The van der Waals surface area contributed by atoms with Gasteiger partial charge in [-0.3, -0.25) is 4.79 Å². The summed E-state index contributed by atoms with van der Waals surface area (Å²) in [6, 6.07) is 7.74. The molecular weight excluding hydrogens is 394 g/mol. The smallest absolute Gasteiger partial charge is 0.309 e. The quantitative estimate of drug-likeness (QED) is 0.614. The van der Waals surface area contributed by atoms with Crippen LogP contribution < -0.4 is 4.90 Å². The number of quaternary nitrogens is 1. The first-order valence-electron chi connectivity index (χ1n) is 7.82. The number of nitrogens with one attached hydrogen (secondary N) is 1. The maximum atomic E-state index is 11.6. The predicted molar refractivity (Wildman–Crippen MR) is 93.9 cm³/mol. The average Bonchev–Trinajstić information content (AvgIpc) is 2.95. The highest BCUT2D eigenvalue weighted by Gasteiger charge is 2.28. The normalized spacial score (nSPS) is 20.8. The lowest BCUT2D eigenvalue weighted by molar-refractivity contribution is -0.929. The summed E-state index contributed by atoms with van der Waals surface area (Å²) in [5.74, 6) is 0.416. The van der Waals surface area contributed by atoms with Crippen LogP contribution in [0, 0.1) is 10.8 Å². The van der Waals surface area contributed by atoms with Crippen LogP contribution in [-0.4, -0.2) is 35.9 Å². The van der Waals surface area contributed by atoms with E-state index in [4.69, 9.17) is 21.4 Å². The number of methoxy groups -OCH3 is 1. The summed E-state index contributed by atoms with van der Waals surface area (Å²) in [7, 11) is 1.44. The maximum absolute atomic E-state index is 11.6. The Balaban J connectivity index is 1.68. The number of piperidine rings is 1. The van der Waals surface area contributed by atoms with Crippen molar-refractivity contribution in [3.05, 3.63) is 33.6 Å². The number of carbonyl (C=O) groups is 1. The van der Waals surface area contributed by atoms with Crippen LogP contribution in [0.25, 0.3) is 11.5 Å². The van der Waals surface area contributed by atoms with Crippen molar-refractivity contribution in [3.8, 4) is 11.5 Å². The second-order valence-electron chi connectivity index (χ2n) is 5.86. The summed E-state index contributed by atoms with van der Waals surface area (Å²) >= 11 is 8.80. The number of benzene rings is 1. The zero-order chi connectivity index (χ0) is 17.1. The molecule has 2 aromatic rings. The highest BCUT2D eigenvalue weighted by atomic mass is 79.9. The van der Waals surface area contributed by atoms with E-state index in [9.17, 15) is 4.79 Å². The van der Waals surface area contributed by atoms with Gasteiger partial charge in [-0.05, 0) is 40.3 Å². The molecule has 2 heterocycles. The lowest BCUT2D eigenvalue weighted by Crippen LogP contribution is -3.12. The number of ether oxygens (including phenoxy) is 1. The van der Waals surface area contributed by atoms with Gasteiger partial charge in [0.05, 0.1) is 31.7 Å². The molecule has 1 aromatic carbocycles. The topological polar surface area (TPSA) is 61.7 Å². The number of rotatable bonds is 4. The summed E-state index contributed by atoms with van der Waals surface area (Å²) in [6.07, 6.45) is 1.65. The standard InChI is InChI=1S/C16H18BrN3O3S/c1-22-15(21)11-6-8-19(9-7-11)10-20-16(24)23-14(18-20)12-4-2-3-5-13(12)17/h2-5,11H,6-10H2,1H3/p+1. The van der Waals surface area contributed by atoms with Gasteiger partial charge in [0.2, 0.25) is 5.89 Å². The minimum absolute atomic E-state index is 0.0138. The van der Waals surface area contributed by atoms with Crippen molar-refractivity contribution in [2.24, 2.45) is 5.92 Å². The highest BCUT2D eigenvalue weighted by molar-refractivity contribution is 9.10. The Kier molecular flexibility index (Phi) is 5.47. The SMILES string of the molecule is COC(=O)C1CC[NH+](Cn2nc(-c3ccccc3Br)oc2=S)CC1. The molecule has 0 unspecified atom stereocenters. The fraction of sp³-hybridized carbons (Fsp3) is 0.438. The van der Waals surface area contributed by atoms with Gasteiger partial charge in [0, 0.05) is 17.3 Å². The summed E-state index contributed by atoms with van der Waals surface area (Å²) in [4.78, 5) is 13.3. The molecule has 6 nitrogen and oxygen atoms in total. The van der Waals surface area contributed by atoms with Crippen LogP contribution in [0.1, 0.15) is 12.8 Å². The first-order valence-corrected chi connectivity index (χ1v) is 9.03. The van der Waals surface area contributed by atoms with Crippen LogP contribution in [0.3, 0.4) is 0 Å². The van der Waals surface area contributed by atoms with Gasteiger partial charge in [0.1, 0.15) is 0 Å². The van der Waals surface area contributed by atoms with Gasteiger partial charge in [-0.1, -0.05) is 12.1 Å². The highest BCUT2D eigenvalue weighted by Crippen LogP contribution is 2.26. The zero-order valence-corrected chi connectivity index (χ0v) is 15.7. The van der Waals surface area contributed by atoms with E-state index in [0.717, 1.165) is 36.0 Å². The molecule has 0 saturated carbocycles. The molecule has 1 aliphatic rings. The number of hydrogen-bond donors (Lipinski definition) is 1. The molecule has 0 spiro atoms. The first kappa shape index (κ1) is 17.3. The van der Waals surface area contributed by atoms with Crippen LogP contribution >= 0.6 is 28.1 Å². The molecule has 1 aromatic heterocycles. The molecule has 128 valence electrons. The van der Waals surface area contributed by atoms with Gasteiger partial charge < -0.3 is 14.1 Å². The van der Waals surface area contributed by atoms with Crippen molar-refractivity contribution < 1.29 is 18.8 Å². The first-order chi connectivity index (χ1) is 11.6. The summed E-state index contributed by atoms with van der Waals surface area (Å²) in [6.45, 7) is 2.41. The van der Waals surface area contributed by atoms with Crippen LogP contribution in [0.2, 0.25) is 0 Å². The Morgan fingerprint density at radius 3 is 2.83 bits per heavy atom. The molecule has 1 fully saturated rings. The molecule has 3 rings (SSSR count). The third-order valence-electron chi connectivity index (χ3n) is 4.31. The Morgan fingerprint density at radius 1 is 1.46 bits per heavy atom. The number of aromatic nitrogens is 2. The number of carbonyl (C=O) groups excluding carboxylic acids is 1. The number of likely N-dealkylation sites (tertiary alicyclic amines) is 1. The minimum Gasteiger partial charge on any atom is -0.469 e. The van der Waals surface area contributed by atoms with Crippen molar-refractivity contribution in [1.82, 2.24) is 9.78 Å². The number of nitrogens with zero attached hydrogens (tertiary/aromatic N) is 2. The molecule has 1 aliphatic heterocycles. The molecule has 1 N–H and O–H groups in total. The fourth-order valence-electron chi connectivity index (χ4n) is 2.95. The predicted octanol–water partition coefficient (Wildman–Crippen LogP) is 2.06. The number of esters is 1. The van der Waals surface area contributed by atoms with Gasteiger partial charge in [-0.15, -0.1) is 5.10 Å².